The Kier molecular flexibility index (Phi) is 5.76. The van der Waals surface area contributed by atoms with Gasteiger partial charge < -0.3 is 9.55 Å². The van der Waals surface area contributed by atoms with Crippen LogP contribution < -0.4 is 0 Å². The number of pyridine rings is 1. The average Bonchev–Trinajstić information content (AvgIpc) is 3.41. The molecule has 174 valence electrons. The fourth-order valence-electron chi connectivity index (χ4n) is 4.46. The Balaban J connectivity index is 0.000000429. The Hall–Kier alpha value is -3.40. The molecule has 2 aromatic carbocycles. The topological polar surface area (TPSA) is 46.5 Å². The predicted molar refractivity (Wildman–Crippen MR) is 143 cm³/mol. The third-order valence-electron chi connectivity index (χ3n) is 6.74. The molecule has 34 heavy (non-hydrogen) atoms. The third kappa shape index (κ3) is 4.50. The molecule has 0 unspecified atom stereocenters. The molecule has 0 radical (unpaired) electrons. The number of aromatic amines is 1. The van der Waals surface area contributed by atoms with E-state index < -0.39 is 0 Å². The van der Waals surface area contributed by atoms with Crippen LogP contribution in [0, 0.1) is 12.8 Å². The lowest BCUT2D eigenvalue weighted by atomic mass is 10.0. The van der Waals surface area contributed by atoms with E-state index in [0.717, 1.165) is 44.7 Å². The monoisotopic (exact) mass is 450 g/mol. The minimum Gasteiger partial charge on any atom is -0.346 e. The summed E-state index contributed by atoms with van der Waals surface area (Å²) >= 11 is 0. The van der Waals surface area contributed by atoms with Crippen molar-refractivity contribution in [2.75, 3.05) is 0 Å². The number of nitrogens with zero attached hydrogens (tertiary/aromatic N) is 3. The van der Waals surface area contributed by atoms with E-state index in [1.54, 1.807) is 0 Å². The van der Waals surface area contributed by atoms with Crippen molar-refractivity contribution in [3.63, 3.8) is 0 Å². The number of imidazole rings is 1. The highest BCUT2D eigenvalue weighted by atomic mass is 15.1. The van der Waals surface area contributed by atoms with Gasteiger partial charge in [-0.3, -0.25) is 0 Å². The number of hydrogen-bond acceptors (Lipinski definition) is 2. The Labute approximate surface area is 202 Å². The van der Waals surface area contributed by atoms with Gasteiger partial charge in [0, 0.05) is 34.4 Å². The molecule has 1 fully saturated rings. The summed E-state index contributed by atoms with van der Waals surface area (Å²) in [6.07, 6.45) is 10.4. The summed E-state index contributed by atoms with van der Waals surface area (Å²) < 4.78 is 2.23. The lowest BCUT2D eigenvalue weighted by molar-refractivity contribution is 0.408. The molecule has 4 heteroatoms. The van der Waals surface area contributed by atoms with Gasteiger partial charge in [-0.1, -0.05) is 62.1 Å². The van der Waals surface area contributed by atoms with E-state index >= 15 is 0 Å². The quantitative estimate of drug-likeness (QED) is 0.302. The maximum absolute atomic E-state index is 4.67. The highest BCUT2D eigenvalue weighted by Gasteiger charge is 2.18. The number of aromatic nitrogens is 4. The van der Waals surface area contributed by atoms with Crippen molar-refractivity contribution in [3.8, 4) is 22.3 Å². The highest BCUT2D eigenvalue weighted by molar-refractivity contribution is 5.97. The highest BCUT2D eigenvalue weighted by Crippen LogP contribution is 2.34. The van der Waals surface area contributed by atoms with Crippen molar-refractivity contribution >= 4 is 22.1 Å². The Morgan fingerprint density at radius 2 is 1.79 bits per heavy atom. The van der Waals surface area contributed by atoms with E-state index in [9.17, 15) is 0 Å². The van der Waals surface area contributed by atoms with Gasteiger partial charge >= 0.3 is 0 Å². The number of benzene rings is 2. The molecule has 0 spiro atoms. The molecule has 4 nitrogen and oxygen atoms in total. The molecule has 0 amide bonds. The number of aryl methyl sites for hydroxylation is 1. The Bertz CT molecular complexity index is 1440. The predicted octanol–water partition coefficient (Wildman–Crippen LogP) is 8.12. The molecule has 1 aliphatic carbocycles. The lowest BCUT2D eigenvalue weighted by Crippen LogP contribution is -2.20. The first kappa shape index (κ1) is 22.4. The van der Waals surface area contributed by atoms with Crippen LogP contribution in [0.25, 0.3) is 44.3 Å². The van der Waals surface area contributed by atoms with E-state index in [4.69, 9.17) is 0 Å². The molecular weight excluding hydrogens is 416 g/mol. The zero-order chi connectivity index (χ0) is 23.9. The summed E-state index contributed by atoms with van der Waals surface area (Å²) in [5, 5.41) is 1.13. The van der Waals surface area contributed by atoms with Gasteiger partial charge in [0.2, 0.25) is 0 Å². The van der Waals surface area contributed by atoms with Gasteiger partial charge in [0.25, 0.3) is 0 Å². The van der Waals surface area contributed by atoms with Crippen LogP contribution in [0.4, 0.5) is 0 Å². The lowest BCUT2D eigenvalue weighted by Gasteiger charge is -2.21. The first-order valence-electron chi connectivity index (χ1n) is 12.4. The van der Waals surface area contributed by atoms with Crippen molar-refractivity contribution in [2.45, 2.75) is 59.4 Å². The zero-order valence-corrected chi connectivity index (χ0v) is 20.9. The van der Waals surface area contributed by atoms with E-state index in [1.165, 1.54) is 30.4 Å². The summed E-state index contributed by atoms with van der Waals surface area (Å²) in [6, 6.07) is 17.2. The summed E-state index contributed by atoms with van der Waals surface area (Å²) in [5.41, 5.74) is 8.93. The van der Waals surface area contributed by atoms with Crippen molar-refractivity contribution in [2.24, 2.45) is 5.92 Å². The summed E-state index contributed by atoms with van der Waals surface area (Å²) in [5.74, 6) is 1.13. The third-order valence-corrected chi connectivity index (χ3v) is 6.74. The van der Waals surface area contributed by atoms with Gasteiger partial charge in [-0.2, -0.15) is 0 Å². The summed E-state index contributed by atoms with van der Waals surface area (Å²) in [4.78, 5) is 12.6. The van der Waals surface area contributed by atoms with Crippen molar-refractivity contribution in [3.05, 3.63) is 72.8 Å². The number of nitrogens with one attached hydrogen (secondary N) is 1. The van der Waals surface area contributed by atoms with Gasteiger partial charge in [0.05, 0.1) is 17.4 Å². The number of rotatable bonds is 3. The van der Waals surface area contributed by atoms with Crippen LogP contribution in [0.1, 0.15) is 52.5 Å². The molecule has 0 aliphatic heterocycles. The first-order valence-corrected chi connectivity index (χ1v) is 12.4. The van der Waals surface area contributed by atoms with Crippen LogP contribution in [-0.2, 0) is 5.54 Å². The molecule has 0 bridgehead atoms. The summed E-state index contributed by atoms with van der Waals surface area (Å²) in [7, 11) is 0. The van der Waals surface area contributed by atoms with Gasteiger partial charge in [0.15, 0.2) is 0 Å². The van der Waals surface area contributed by atoms with Crippen LogP contribution in [0.15, 0.2) is 67.3 Å². The normalized spacial score (nSPS) is 13.8. The number of H-pyrrole nitrogens is 1. The van der Waals surface area contributed by atoms with Crippen LogP contribution in [0.3, 0.4) is 0 Å². The SMILES string of the molecule is CCC1CC1.Cc1cccc(-c2cnc3[nH]cc(-c4ccc5ncn(C(C)(C)C)c5c4)c3c2)c1. The van der Waals surface area contributed by atoms with Crippen molar-refractivity contribution < 1.29 is 0 Å². The molecule has 0 atom stereocenters. The second-order valence-corrected chi connectivity index (χ2v) is 10.5. The minimum absolute atomic E-state index is 0.0204. The van der Waals surface area contributed by atoms with Gasteiger partial charge in [-0.25, -0.2) is 9.97 Å². The standard InChI is InChI=1S/C25H24N4.C5H10/c1-16-6-5-7-17(10-16)19-11-20-21(14-27-24(20)26-13-19)18-8-9-22-23(12-18)29(15-28-22)25(2,3)4;1-2-5-3-4-5/h5-15H,1-4H3,(H,26,27);5H,2-4H2,1H3. The first-order chi connectivity index (χ1) is 16.3. The fraction of sp³-hybridized carbons (Fsp3) is 0.333. The molecule has 1 N–H and O–H groups in total. The van der Waals surface area contributed by atoms with Gasteiger partial charge in [-0.05, 0) is 62.9 Å². The van der Waals surface area contributed by atoms with Crippen LogP contribution in [0.5, 0.6) is 0 Å². The van der Waals surface area contributed by atoms with Crippen LogP contribution in [0.2, 0.25) is 0 Å². The molecule has 1 saturated carbocycles. The molecular formula is C30H34N4. The number of hydrogen-bond donors (Lipinski definition) is 1. The molecule has 1 aliphatic rings. The van der Waals surface area contributed by atoms with Gasteiger partial charge in [-0.15, -0.1) is 0 Å². The fourth-order valence-corrected chi connectivity index (χ4v) is 4.46. The molecule has 5 aromatic rings. The Morgan fingerprint density at radius 3 is 2.47 bits per heavy atom. The maximum Gasteiger partial charge on any atom is 0.137 e. The molecule has 0 saturated heterocycles. The zero-order valence-electron chi connectivity index (χ0n) is 20.9. The largest absolute Gasteiger partial charge is 0.346 e. The smallest absolute Gasteiger partial charge is 0.137 e. The maximum atomic E-state index is 4.67. The number of fused-ring (bicyclic) bond motifs is 2. The van der Waals surface area contributed by atoms with Crippen LogP contribution in [-0.4, -0.2) is 19.5 Å². The molecule has 6 rings (SSSR count). The van der Waals surface area contributed by atoms with E-state index in [1.807, 2.05) is 12.5 Å². The molecule has 3 heterocycles. The van der Waals surface area contributed by atoms with E-state index in [0.29, 0.717) is 0 Å². The summed E-state index contributed by atoms with van der Waals surface area (Å²) in [6.45, 7) is 11.0. The van der Waals surface area contributed by atoms with Crippen molar-refractivity contribution in [1.29, 1.82) is 0 Å². The van der Waals surface area contributed by atoms with E-state index in [2.05, 4.69) is 109 Å². The second kappa shape index (κ2) is 8.75. The van der Waals surface area contributed by atoms with Crippen LogP contribution >= 0.6 is 0 Å². The van der Waals surface area contributed by atoms with E-state index in [-0.39, 0.29) is 5.54 Å². The average molecular weight is 451 g/mol. The second-order valence-electron chi connectivity index (χ2n) is 10.5. The van der Waals surface area contributed by atoms with Gasteiger partial charge in [0.1, 0.15) is 5.65 Å². The minimum atomic E-state index is -0.0204. The Morgan fingerprint density at radius 1 is 0.971 bits per heavy atom. The van der Waals surface area contributed by atoms with Crippen molar-refractivity contribution in [1.82, 2.24) is 19.5 Å². The molecule has 3 aromatic heterocycles.